The van der Waals surface area contributed by atoms with Gasteiger partial charge in [0.15, 0.2) is 0 Å². The molecule has 2 atom stereocenters. The number of hydrogen-bond acceptors (Lipinski definition) is 5. The van der Waals surface area contributed by atoms with Crippen molar-refractivity contribution in [1.29, 1.82) is 0 Å². The molecule has 0 radical (unpaired) electrons. The summed E-state index contributed by atoms with van der Waals surface area (Å²) in [4.78, 5) is 21.3. The minimum atomic E-state index is 0.0507. The largest absolute Gasteiger partial charge is 0.469 e. The fourth-order valence-electron chi connectivity index (χ4n) is 3.97. The summed E-state index contributed by atoms with van der Waals surface area (Å²) in [6.07, 6.45) is 6.39. The lowest BCUT2D eigenvalue weighted by Gasteiger charge is -2.38. The zero-order valence-corrected chi connectivity index (χ0v) is 15.1. The average molecular weight is 355 g/mol. The van der Waals surface area contributed by atoms with Gasteiger partial charge in [0.2, 0.25) is 0 Å². The minimum absolute atomic E-state index is 0.0507. The Labute approximate surface area is 153 Å². The van der Waals surface area contributed by atoms with Crippen molar-refractivity contribution in [3.8, 4) is 0 Å². The van der Waals surface area contributed by atoms with Gasteiger partial charge < -0.3 is 14.1 Å². The first kappa shape index (κ1) is 17.2. The number of nitrogens with zero attached hydrogens (tertiary/aromatic N) is 3. The molecule has 2 aromatic heterocycles. The molecule has 138 valence electrons. The number of fused-ring (bicyclic) bond motifs is 1. The van der Waals surface area contributed by atoms with Crippen molar-refractivity contribution >= 4 is 5.91 Å². The Morgan fingerprint density at radius 3 is 3.00 bits per heavy atom. The number of rotatable bonds is 3. The summed E-state index contributed by atoms with van der Waals surface area (Å²) in [7, 11) is 0. The van der Waals surface area contributed by atoms with E-state index in [1.807, 2.05) is 24.1 Å². The SMILES string of the molecule is Cc1occc1C(=O)N1CC[C@H]2CN(Cc3cccnc3)CCO[C@H]2C1. The van der Waals surface area contributed by atoms with Gasteiger partial charge in [-0.25, -0.2) is 0 Å². The monoisotopic (exact) mass is 355 g/mol. The van der Waals surface area contributed by atoms with Crippen molar-refractivity contribution in [1.82, 2.24) is 14.8 Å². The molecular weight excluding hydrogens is 330 g/mol. The quantitative estimate of drug-likeness (QED) is 0.846. The van der Waals surface area contributed by atoms with Gasteiger partial charge in [-0.3, -0.25) is 14.7 Å². The Balaban J connectivity index is 1.39. The lowest BCUT2D eigenvalue weighted by Crippen LogP contribution is -2.49. The molecular formula is C20H25N3O3. The minimum Gasteiger partial charge on any atom is -0.469 e. The number of amides is 1. The number of likely N-dealkylation sites (tertiary alicyclic amines) is 1. The molecule has 0 aliphatic carbocycles. The Morgan fingerprint density at radius 1 is 1.31 bits per heavy atom. The Hall–Kier alpha value is -2.18. The lowest BCUT2D eigenvalue weighted by atomic mass is 9.92. The van der Waals surface area contributed by atoms with Gasteiger partial charge in [0.05, 0.1) is 24.5 Å². The van der Waals surface area contributed by atoms with E-state index in [1.54, 1.807) is 18.5 Å². The summed E-state index contributed by atoms with van der Waals surface area (Å²) in [5.41, 5.74) is 1.89. The number of carbonyl (C=O) groups is 1. The molecule has 0 saturated carbocycles. The second kappa shape index (κ2) is 7.60. The van der Waals surface area contributed by atoms with E-state index in [0.717, 1.165) is 32.6 Å². The van der Waals surface area contributed by atoms with Gasteiger partial charge in [-0.15, -0.1) is 0 Å². The van der Waals surface area contributed by atoms with E-state index in [1.165, 1.54) is 5.56 Å². The predicted molar refractivity (Wildman–Crippen MR) is 96.7 cm³/mol. The van der Waals surface area contributed by atoms with Gasteiger partial charge in [-0.05, 0) is 31.0 Å². The maximum absolute atomic E-state index is 12.7. The summed E-state index contributed by atoms with van der Waals surface area (Å²) in [6.45, 7) is 6.79. The van der Waals surface area contributed by atoms with E-state index in [9.17, 15) is 4.79 Å². The molecule has 26 heavy (non-hydrogen) atoms. The van der Waals surface area contributed by atoms with Gasteiger partial charge in [-0.2, -0.15) is 0 Å². The topological polar surface area (TPSA) is 58.8 Å². The van der Waals surface area contributed by atoms with E-state index in [4.69, 9.17) is 9.15 Å². The highest BCUT2D eigenvalue weighted by Crippen LogP contribution is 2.26. The molecule has 2 aliphatic rings. The second-order valence-electron chi connectivity index (χ2n) is 7.20. The first-order valence-corrected chi connectivity index (χ1v) is 9.27. The third-order valence-electron chi connectivity index (χ3n) is 5.43. The Morgan fingerprint density at radius 2 is 2.23 bits per heavy atom. The molecule has 0 bridgehead atoms. The van der Waals surface area contributed by atoms with Crippen molar-refractivity contribution < 1.29 is 13.9 Å². The highest BCUT2D eigenvalue weighted by atomic mass is 16.5. The molecule has 0 spiro atoms. The Bertz CT molecular complexity index is 746. The molecule has 0 unspecified atom stereocenters. The van der Waals surface area contributed by atoms with Crippen molar-refractivity contribution in [2.24, 2.45) is 5.92 Å². The van der Waals surface area contributed by atoms with E-state index in [0.29, 0.717) is 30.4 Å². The highest BCUT2D eigenvalue weighted by Gasteiger charge is 2.35. The third kappa shape index (κ3) is 3.66. The molecule has 2 aliphatic heterocycles. The number of ether oxygens (including phenoxy) is 1. The number of carbonyl (C=O) groups excluding carboxylic acids is 1. The summed E-state index contributed by atoms with van der Waals surface area (Å²) in [5.74, 6) is 1.19. The Kier molecular flexibility index (Phi) is 5.04. The van der Waals surface area contributed by atoms with Crippen molar-refractivity contribution in [2.45, 2.75) is 26.0 Å². The van der Waals surface area contributed by atoms with E-state index >= 15 is 0 Å². The summed E-state index contributed by atoms with van der Waals surface area (Å²) < 4.78 is 11.4. The smallest absolute Gasteiger partial charge is 0.257 e. The van der Waals surface area contributed by atoms with Gasteiger partial charge in [0.1, 0.15) is 5.76 Å². The van der Waals surface area contributed by atoms with Crippen LogP contribution in [0.15, 0.2) is 41.3 Å². The summed E-state index contributed by atoms with van der Waals surface area (Å²) >= 11 is 0. The fraction of sp³-hybridized carbons (Fsp3) is 0.500. The number of furan rings is 1. The van der Waals surface area contributed by atoms with Crippen LogP contribution in [0.2, 0.25) is 0 Å². The van der Waals surface area contributed by atoms with Crippen LogP contribution in [0.3, 0.4) is 0 Å². The molecule has 0 aromatic carbocycles. The standard InChI is InChI=1S/C20H25N3O3/c1-15-18(5-9-25-15)20(24)23-7-4-17-13-22(8-10-26-19(17)14-23)12-16-3-2-6-21-11-16/h2-3,5-6,9,11,17,19H,4,7-8,10,12-14H2,1H3/t17-,19-/m0/s1. The van der Waals surface area contributed by atoms with Crippen LogP contribution in [0.4, 0.5) is 0 Å². The molecule has 6 heteroatoms. The van der Waals surface area contributed by atoms with Crippen molar-refractivity contribution in [3.63, 3.8) is 0 Å². The van der Waals surface area contributed by atoms with Crippen LogP contribution in [-0.4, -0.2) is 59.6 Å². The first-order chi connectivity index (χ1) is 12.7. The van der Waals surface area contributed by atoms with E-state index in [2.05, 4.69) is 16.0 Å². The molecule has 4 heterocycles. The number of pyridine rings is 1. The molecule has 1 amide bonds. The van der Waals surface area contributed by atoms with Crippen LogP contribution in [0.5, 0.6) is 0 Å². The second-order valence-corrected chi connectivity index (χ2v) is 7.20. The molecule has 2 aromatic rings. The number of aromatic nitrogens is 1. The van der Waals surface area contributed by atoms with E-state index < -0.39 is 0 Å². The lowest BCUT2D eigenvalue weighted by molar-refractivity contribution is -0.0171. The van der Waals surface area contributed by atoms with Gasteiger partial charge in [-0.1, -0.05) is 6.07 Å². The van der Waals surface area contributed by atoms with Crippen molar-refractivity contribution in [3.05, 3.63) is 53.7 Å². The summed E-state index contributed by atoms with van der Waals surface area (Å²) in [6, 6.07) is 5.85. The summed E-state index contributed by atoms with van der Waals surface area (Å²) in [5, 5.41) is 0. The van der Waals surface area contributed by atoms with Crippen LogP contribution in [-0.2, 0) is 11.3 Å². The van der Waals surface area contributed by atoms with E-state index in [-0.39, 0.29) is 12.0 Å². The van der Waals surface area contributed by atoms with Gasteiger partial charge >= 0.3 is 0 Å². The molecule has 6 nitrogen and oxygen atoms in total. The molecule has 2 saturated heterocycles. The first-order valence-electron chi connectivity index (χ1n) is 9.27. The van der Waals surface area contributed by atoms with Crippen LogP contribution in [0.25, 0.3) is 0 Å². The third-order valence-corrected chi connectivity index (χ3v) is 5.43. The normalized spacial score (nSPS) is 24.1. The number of piperidine rings is 1. The number of aryl methyl sites for hydroxylation is 1. The van der Waals surface area contributed by atoms with Gasteiger partial charge in [0.25, 0.3) is 5.91 Å². The average Bonchev–Trinajstić information content (AvgIpc) is 2.98. The predicted octanol–water partition coefficient (Wildman–Crippen LogP) is 2.35. The maximum atomic E-state index is 12.7. The van der Waals surface area contributed by atoms with Crippen LogP contribution in [0, 0.1) is 12.8 Å². The highest BCUT2D eigenvalue weighted by molar-refractivity contribution is 5.95. The maximum Gasteiger partial charge on any atom is 0.257 e. The van der Waals surface area contributed by atoms with Gasteiger partial charge in [0, 0.05) is 51.0 Å². The van der Waals surface area contributed by atoms with Crippen LogP contribution >= 0.6 is 0 Å². The zero-order valence-electron chi connectivity index (χ0n) is 15.1. The molecule has 0 N–H and O–H groups in total. The van der Waals surface area contributed by atoms with Crippen LogP contribution < -0.4 is 0 Å². The number of hydrogen-bond donors (Lipinski definition) is 0. The zero-order chi connectivity index (χ0) is 17.9. The molecule has 4 rings (SSSR count). The fourth-order valence-corrected chi connectivity index (χ4v) is 3.97. The van der Waals surface area contributed by atoms with Crippen molar-refractivity contribution in [2.75, 3.05) is 32.8 Å². The van der Waals surface area contributed by atoms with Crippen LogP contribution in [0.1, 0.15) is 28.1 Å². The molecule has 2 fully saturated rings.